The van der Waals surface area contributed by atoms with Crippen LogP contribution < -0.4 is 4.74 Å². The van der Waals surface area contributed by atoms with E-state index in [4.69, 9.17) is 16.3 Å². The van der Waals surface area contributed by atoms with Crippen molar-refractivity contribution in [2.24, 2.45) is 0 Å². The van der Waals surface area contributed by atoms with Gasteiger partial charge in [-0.15, -0.1) is 0 Å². The van der Waals surface area contributed by atoms with E-state index in [-0.39, 0.29) is 5.91 Å². The molecule has 2 aromatic carbocycles. The second kappa shape index (κ2) is 8.02. The Morgan fingerprint density at radius 2 is 1.91 bits per heavy atom. The standard InChI is InChI=1S/C19H22ClNO2/c1-4-18(23-17-7-5-6-14(2)12-17)19(22)21(3)13-15-8-10-16(20)11-9-15/h5-12,18H,4,13H2,1-3H3. The van der Waals surface area contributed by atoms with Crippen LogP contribution in [0.3, 0.4) is 0 Å². The van der Waals surface area contributed by atoms with Crippen LogP contribution in [-0.4, -0.2) is 24.0 Å². The Hall–Kier alpha value is -2.00. The SMILES string of the molecule is CCC(Oc1cccc(C)c1)C(=O)N(C)Cc1ccc(Cl)cc1. The largest absolute Gasteiger partial charge is 0.481 e. The molecule has 2 rings (SSSR count). The van der Waals surface area contributed by atoms with Gasteiger partial charge in [0.25, 0.3) is 5.91 Å². The van der Waals surface area contributed by atoms with E-state index in [0.29, 0.717) is 18.0 Å². The molecule has 0 saturated carbocycles. The third kappa shape index (κ3) is 5.00. The van der Waals surface area contributed by atoms with Crippen LogP contribution in [-0.2, 0) is 11.3 Å². The summed E-state index contributed by atoms with van der Waals surface area (Å²) < 4.78 is 5.87. The molecule has 0 aliphatic rings. The van der Waals surface area contributed by atoms with E-state index in [9.17, 15) is 4.79 Å². The normalized spacial score (nSPS) is 11.8. The molecule has 0 saturated heterocycles. The van der Waals surface area contributed by atoms with Crippen LogP contribution in [0.25, 0.3) is 0 Å². The minimum Gasteiger partial charge on any atom is -0.481 e. The van der Waals surface area contributed by atoms with Crippen LogP contribution in [0, 0.1) is 6.92 Å². The molecule has 23 heavy (non-hydrogen) atoms. The van der Waals surface area contributed by atoms with Crippen LogP contribution >= 0.6 is 11.6 Å². The average Bonchev–Trinajstić information content (AvgIpc) is 2.54. The van der Waals surface area contributed by atoms with Crippen LogP contribution in [0.2, 0.25) is 5.02 Å². The highest BCUT2D eigenvalue weighted by Crippen LogP contribution is 2.17. The minimum atomic E-state index is -0.478. The number of carbonyl (C=O) groups is 1. The summed E-state index contributed by atoms with van der Waals surface area (Å²) in [5, 5.41) is 0.692. The Bertz CT molecular complexity index is 655. The molecular weight excluding hydrogens is 310 g/mol. The molecular formula is C19H22ClNO2. The summed E-state index contributed by atoms with van der Waals surface area (Å²) in [6, 6.07) is 15.3. The molecule has 0 aromatic heterocycles. The molecule has 3 nitrogen and oxygen atoms in total. The van der Waals surface area contributed by atoms with Crippen molar-refractivity contribution in [1.29, 1.82) is 0 Å². The van der Waals surface area contributed by atoms with Crippen molar-refractivity contribution in [3.63, 3.8) is 0 Å². The van der Waals surface area contributed by atoms with Crippen molar-refractivity contribution in [2.45, 2.75) is 32.9 Å². The maximum Gasteiger partial charge on any atom is 0.263 e. The quantitative estimate of drug-likeness (QED) is 0.782. The zero-order chi connectivity index (χ0) is 16.8. The molecule has 1 unspecified atom stereocenters. The van der Waals surface area contributed by atoms with Crippen molar-refractivity contribution in [1.82, 2.24) is 4.90 Å². The third-order valence-corrected chi connectivity index (χ3v) is 3.88. The van der Waals surface area contributed by atoms with Gasteiger partial charge in [0, 0.05) is 18.6 Å². The van der Waals surface area contributed by atoms with Gasteiger partial charge in [0.05, 0.1) is 0 Å². The molecule has 0 aliphatic heterocycles. The molecule has 0 heterocycles. The number of aryl methyl sites for hydroxylation is 1. The lowest BCUT2D eigenvalue weighted by Gasteiger charge is -2.24. The molecule has 0 aliphatic carbocycles. The summed E-state index contributed by atoms with van der Waals surface area (Å²) in [5.74, 6) is 0.703. The number of rotatable bonds is 6. The van der Waals surface area contributed by atoms with E-state index in [1.807, 2.05) is 62.4 Å². The molecule has 0 N–H and O–H groups in total. The number of hydrogen-bond donors (Lipinski definition) is 0. The van der Waals surface area contributed by atoms with Crippen LogP contribution in [0.4, 0.5) is 0 Å². The lowest BCUT2D eigenvalue weighted by molar-refractivity contribution is -0.138. The maximum absolute atomic E-state index is 12.6. The van der Waals surface area contributed by atoms with Gasteiger partial charge in [-0.25, -0.2) is 0 Å². The van der Waals surface area contributed by atoms with E-state index in [0.717, 1.165) is 16.9 Å². The van der Waals surface area contributed by atoms with Gasteiger partial charge >= 0.3 is 0 Å². The number of benzene rings is 2. The fourth-order valence-electron chi connectivity index (χ4n) is 2.35. The number of halogens is 1. The van der Waals surface area contributed by atoms with E-state index in [2.05, 4.69) is 0 Å². The Morgan fingerprint density at radius 1 is 1.22 bits per heavy atom. The highest BCUT2D eigenvalue weighted by Gasteiger charge is 2.22. The summed E-state index contributed by atoms with van der Waals surface area (Å²) in [7, 11) is 1.79. The van der Waals surface area contributed by atoms with Crippen molar-refractivity contribution >= 4 is 17.5 Å². The van der Waals surface area contributed by atoms with Gasteiger partial charge in [0.2, 0.25) is 0 Å². The Balaban J connectivity index is 2.02. The Kier molecular flexibility index (Phi) is 6.05. The predicted octanol–water partition coefficient (Wildman–Crippen LogP) is 4.46. The fraction of sp³-hybridized carbons (Fsp3) is 0.316. The zero-order valence-electron chi connectivity index (χ0n) is 13.8. The molecule has 2 aromatic rings. The average molecular weight is 332 g/mol. The molecule has 0 bridgehead atoms. The Morgan fingerprint density at radius 3 is 2.52 bits per heavy atom. The first-order valence-corrected chi connectivity index (χ1v) is 8.10. The fourth-order valence-corrected chi connectivity index (χ4v) is 2.47. The highest BCUT2D eigenvalue weighted by molar-refractivity contribution is 6.30. The molecule has 4 heteroatoms. The Labute approximate surface area is 142 Å². The third-order valence-electron chi connectivity index (χ3n) is 3.62. The monoisotopic (exact) mass is 331 g/mol. The number of carbonyl (C=O) groups excluding carboxylic acids is 1. The maximum atomic E-state index is 12.6. The van der Waals surface area contributed by atoms with Crippen molar-refractivity contribution in [2.75, 3.05) is 7.05 Å². The van der Waals surface area contributed by atoms with Gasteiger partial charge < -0.3 is 9.64 Å². The van der Waals surface area contributed by atoms with Crippen molar-refractivity contribution < 1.29 is 9.53 Å². The summed E-state index contributed by atoms with van der Waals surface area (Å²) in [6.07, 6.45) is 0.145. The summed E-state index contributed by atoms with van der Waals surface area (Å²) in [5.41, 5.74) is 2.15. The van der Waals surface area contributed by atoms with Crippen molar-refractivity contribution in [3.8, 4) is 5.75 Å². The van der Waals surface area contributed by atoms with E-state index >= 15 is 0 Å². The van der Waals surface area contributed by atoms with E-state index in [1.54, 1.807) is 11.9 Å². The molecule has 0 fully saturated rings. The number of likely N-dealkylation sites (N-methyl/N-ethyl adjacent to an activating group) is 1. The van der Waals surface area contributed by atoms with Crippen molar-refractivity contribution in [3.05, 3.63) is 64.7 Å². The lowest BCUT2D eigenvalue weighted by atomic mass is 10.2. The first-order valence-electron chi connectivity index (χ1n) is 7.72. The second-order valence-corrected chi connectivity index (χ2v) is 6.09. The molecule has 0 radical (unpaired) electrons. The predicted molar refractivity (Wildman–Crippen MR) is 93.8 cm³/mol. The molecule has 1 atom stereocenters. The smallest absolute Gasteiger partial charge is 0.263 e. The topological polar surface area (TPSA) is 29.5 Å². The lowest BCUT2D eigenvalue weighted by Crippen LogP contribution is -2.39. The number of hydrogen-bond acceptors (Lipinski definition) is 2. The first kappa shape index (κ1) is 17.4. The summed E-state index contributed by atoms with van der Waals surface area (Å²) >= 11 is 5.89. The number of amides is 1. The van der Waals surface area contributed by atoms with Crippen LogP contribution in [0.15, 0.2) is 48.5 Å². The van der Waals surface area contributed by atoms with E-state index in [1.165, 1.54) is 0 Å². The summed E-state index contributed by atoms with van der Waals surface area (Å²) in [6.45, 7) is 4.49. The van der Waals surface area contributed by atoms with E-state index < -0.39 is 6.10 Å². The van der Waals surface area contributed by atoms with Gasteiger partial charge in [0.1, 0.15) is 5.75 Å². The molecule has 0 spiro atoms. The van der Waals surface area contributed by atoms with Gasteiger partial charge in [-0.3, -0.25) is 4.79 Å². The van der Waals surface area contributed by atoms with Gasteiger partial charge in [-0.05, 0) is 48.7 Å². The highest BCUT2D eigenvalue weighted by atomic mass is 35.5. The van der Waals surface area contributed by atoms with Gasteiger partial charge in [0.15, 0.2) is 6.10 Å². The zero-order valence-corrected chi connectivity index (χ0v) is 14.5. The van der Waals surface area contributed by atoms with Gasteiger partial charge in [-0.1, -0.05) is 42.8 Å². The number of ether oxygens (including phenoxy) is 1. The van der Waals surface area contributed by atoms with Crippen LogP contribution in [0.5, 0.6) is 5.75 Å². The van der Waals surface area contributed by atoms with Gasteiger partial charge in [-0.2, -0.15) is 0 Å². The summed E-state index contributed by atoms with van der Waals surface area (Å²) in [4.78, 5) is 14.3. The first-order chi connectivity index (χ1) is 11.0. The minimum absolute atomic E-state index is 0.0241. The van der Waals surface area contributed by atoms with Crippen LogP contribution in [0.1, 0.15) is 24.5 Å². The second-order valence-electron chi connectivity index (χ2n) is 5.65. The molecule has 122 valence electrons. The molecule has 1 amide bonds. The number of nitrogens with zero attached hydrogens (tertiary/aromatic N) is 1.